The molecule has 2 N–H and O–H groups in total. The second kappa shape index (κ2) is 6.85. The molecule has 0 unspecified atom stereocenters. The molecule has 21 heavy (non-hydrogen) atoms. The molecule has 0 radical (unpaired) electrons. The lowest BCUT2D eigenvalue weighted by atomic mass is 10.2. The third-order valence-corrected chi connectivity index (χ3v) is 5.30. The van der Waals surface area contributed by atoms with E-state index in [0.717, 1.165) is 11.1 Å². The van der Waals surface area contributed by atoms with E-state index in [4.69, 9.17) is 5.73 Å². The average molecular weight is 304 g/mol. The van der Waals surface area contributed by atoms with Gasteiger partial charge < -0.3 is 5.73 Å². The predicted molar refractivity (Wildman–Crippen MR) is 84.3 cm³/mol. The van der Waals surface area contributed by atoms with Gasteiger partial charge in [-0.15, -0.1) is 0 Å². The van der Waals surface area contributed by atoms with Crippen molar-refractivity contribution in [3.8, 4) is 0 Å². The quantitative estimate of drug-likeness (QED) is 0.888. The van der Waals surface area contributed by atoms with Crippen LogP contribution in [0.1, 0.15) is 11.1 Å². The summed E-state index contributed by atoms with van der Waals surface area (Å²) in [6.07, 6.45) is 0.692. The van der Waals surface area contributed by atoms with E-state index in [0.29, 0.717) is 24.4 Å². The molecule has 112 valence electrons. The van der Waals surface area contributed by atoms with Crippen LogP contribution in [0, 0.1) is 0 Å². The normalized spacial score (nSPS) is 11.8. The van der Waals surface area contributed by atoms with Gasteiger partial charge in [-0.2, -0.15) is 0 Å². The molecule has 5 heteroatoms. The lowest BCUT2D eigenvalue weighted by Gasteiger charge is -2.17. The topological polar surface area (TPSA) is 63.4 Å². The number of hydrogen-bond acceptors (Lipinski definition) is 3. The van der Waals surface area contributed by atoms with E-state index in [9.17, 15) is 8.42 Å². The molecule has 0 aromatic heterocycles. The summed E-state index contributed by atoms with van der Waals surface area (Å²) < 4.78 is 26.3. The van der Waals surface area contributed by atoms with Crippen LogP contribution in [0.2, 0.25) is 0 Å². The molecule has 0 aliphatic carbocycles. The minimum Gasteiger partial charge on any atom is -0.326 e. The standard InChI is InChI=1S/C16H20N2O2S/c1-18(12-11-14-5-3-2-4-6-14)21(19,20)16-9-7-15(13-17)8-10-16/h2-10H,11-13,17H2,1H3. The molecular weight excluding hydrogens is 284 g/mol. The Morgan fingerprint density at radius 3 is 2.14 bits per heavy atom. The van der Waals surface area contributed by atoms with E-state index >= 15 is 0 Å². The summed E-state index contributed by atoms with van der Waals surface area (Å²) >= 11 is 0. The minimum absolute atomic E-state index is 0.301. The molecule has 0 fully saturated rings. The molecule has 0 spiro atoms. The van der Waals surface area contributed by atoms with Crippen LogP contribution >= 0.6 is 0 Å². The Balaban J connectivity index is 2.07. The number of sulfonamides is 1. The Kier molecular flexibility index (Phi) is 5.12. The zero-order chi connectivity index (χ0) is 15.3. The van der Waals surface area contributed by atoms with Gasteiger partial charge in [-0.1, -0.05) is 42.5 Å². The highest BCUT2D eigenvalue weighted by molar-refractivity contribution is 7.89. The maximum atomic E-state index is 12.4. The van der Waals surface area contributed by atoms with E-state index in [1.54, 1.807) is 31.3 Å². The average Bonchev–Trinajstić information content (AvgIpc) is 2.53. The van der Waals surface area contributed by atoms with Crippen molar-refractivity contribution in [2.75, 3.05) is 13.6 Å². The first kappa shape index (κ1) is 15.7. The largest absolute Gasteiger partial charge is 0.326 e. The first-order valence-corrected chi connectivity index (χ1v) is 8.27. The Morgan fingerprint density at radius 2 is 1.57 bits per heavy atom. The third-order valence-electron chi connectivity index (χ3n) is 3.43. The van der Waals surface area contributed by atoms with Crippen LogP contribution < -0.4 is 5.73 Å². The van der Waals surface area contributed by atoms with Gasteiger partial charge in [-0.05, 0) is 29.7 Å². The van der Waals surface area contributed by atoms with Gasteiger partial charge in [-0.3, -0.25) is 0 Å². The van der Waals surface area contributed by atoms with E-state index < -0.39 is 10.0 Å². The summed E-state index contributed by atoms with van der Waals surface area (Å²) in [5.74, 6) is 0. The van der Waals surface area contributed by atoms with Crippen LogP contribution in [0.4, 0.5) is 0 Å². The maximum Gasteiger partial charge on any atom is 0.242 e. The van der Waals surface area contributed by atoms with Crippen molar-refractivity contribution in [2.45, 2.75) is 17.9 Å². The molecule has 2 rings (SSSR count). The molecule has 0 atom stereocenters. The smallest absolute Gasteiger partial charge is 0.242 e. The van der Waals surface area contributed by atoms with Gasteiger partial charge >= 0.3 is 0 Å². The summed E-state index contributed by atoms with van der Waals surface area (Å²) in [5, 5.41) is 0. The van der Waals surface area contributed by atoms with Gasteiger partial charge in [0.2, 0.25) is 10.0 Å². The van der Waals surface area contributed by atoms with Crippen LogP contribution in [0.25, 0.3) is 0 Å². The van der Waals surface area contributed by atoms with Crippen molar-refractivity contribution in [3.63, 3.8) is 0 Å². The van der Waals surface area contributed by atoms with Gasteiger partial charge in [0.25, 0.3) is 0 Å². The van der Waals surface area contributed by atoms with E-state index in [1.165, 1.54) is 4.31 Å². The highest BCUT2D eigenvalue weighted by Crippen LogP contribution is 2.15. The van der Waals surface area contributed by atoms with E-state index in [1.807, 2.05) is 30.3 Å². The lowest BCUT2D eigenvalue weighted by molar-refractivity contribution is 0.472. The minimum atomic E-state index is -3.44. The monoisotopic (exact) mass is 304 g/mol. The SMILES string of the molecule is CN(CCc1ccccc1)S(=O)(=O)c1ccc(CN)cc1. The van der Waals surface area contributed by atoms with Gasteiger partial charge in [0.15, 0.2) is 0 Å². The number of likely N-dealkylation sites (N-methyl/N-ethyl adjacent to an activating group) is 1. The molecule has 0 bridgehead atoms. The summed E-state index contributed by atoms with van der Waals surface area (Å²) in [5.41, 5.74) is 7.56. The summed E-state index contributed by atoms with van der Waals surface area (Å²) in [4.78, 5) is 0.301. The predicted octanol–water partition coefficient (Wildman–Crippen LogP) is 2.01. The highest BCUT2D eigenvalue weighted by Gasteiger charge is 2.20. The fraction of sp³-hybridized carbons (Fsp3) is 0.250. The number of nitrogens with two attached hydrogens (primary N) is 1. The number of hydrogen-bond donors (Lipinski definition) is 1. The first-order chi connectivity index (χ1) is 10.0. The molecular formula is C16H20N2O2S. The maximum absolute atomic E-state index is 12.4. The van der Waals surface area contributed by atoms with Gasteiger partial charge in [0.05, 0.1) is 4.90 Å². The van der Waals surface area contributed by atoms with Crippen molar-refractivity contribution in [2.24, 2.45) is 5.73 Å². The number of nitrogens with zero attached hydrogens (tertiary/aromatic N) is 1. The van der Waals surface area contributed by atoms with Crippen molar-refractivity contribution in [3.05, 3.63) is 65.7 Å². The van der Waals surface area contributed by atoms with Crippen LogP contribution in [0.15, 0.2) is 59.5 Å². The zero-order valence-electron chi connectivity index (χ0n) is 12.1. The molecule has 0 saturated heterocycles. The van der Waals surface area contributed by atoms with Crippen LogP contribution in [0.5, 0.6) is 0 Å². The van der Waals surface area contributed by atoms with Crippen molar-refractivity contribution < 1.29 is 8.42 Å². The van der Waals surface area contributed by atoms with Gasteiger partial charge in [0.1, 0.15) is 0 Å². The van der Waals surface area contributed by atoms with Crippen LogP contribution in [-0.4, -0.2) is 26.3 Å². The zero-order valence-corrected chi connectivity index (χ0v) is 12.9. The molecule has 0 amide bonds. The fourth-order valence-corrected chi connectivity index (χ4v) is 3.20. The van der Waals surface area contributed by atoms with Crippen LogP contribution in [-0.2, 0) is 23.0 Å². The molecule has 2 aromatic carbocycles. The molecule has 0 aliphatic heterocycles. The van der Waals surface area contributed by atoms with Crippen molar-refractivity contribution in [1.29, 1.82) is 0 Å². The lowest BCUT2D eigenvalue weighted by Crippen LogP contribution is -2.29. The van der Waals surface area contributed by atoms with E-state index in [2.05, 4.69) is 0 Å². The van der Waals surface area contributed by atoms with Gasteiger partial charge in [0, 0.05) is 20.1 Å². The second-order valence-electron chi connectivity index (χ2n) is 4.91. The summed E-state index contributed by atoms with van der Waals surface area (Å²) in [6.45, 7) is 0.856. The first-order valence-electron chi connectivity index (χ1n) is 6.83. The number of benzene rings is 2. The Labute approximate surface area is 126 Å². The van der Waals surface area contributed by atoms with Crippen molar-refractivity contribution >= 4 is 10.0 Å². The number of rotatable bonds is 6. The Bertz CT molecular complexity index is 667. The Morgan fingerprint density at radius 1 is 0.952 bits per heavy atom. The molecule has 0 aliphatic rings. The molecule has 0 heterocycles. The molecule has 0 saturated carbocycles. The Hall–Kier alpha value is -1.69. The van der Waals surface area contributed by atoms with Crippen LogP contribution in [0.3, 0.4) is 0 Å². The molecule has 4 nitrogen and oxygen atoms in total. The summed E-state index contributed by atoms with van der Waals surface area (Å²) in [6, 6.07) is 16.6. The van der Waals surface area contributed by atoms with Crippen molar-refractivity contribution in [1.82, 2.24) is 4.31 Å². The summed E-state index contributed by atoms with van der Waals surface area (Å²) in [7, 11) is -1.84. The fourth-order valence-electron chi connectivity index (χ4n) is 2.03. The molecule has 2 aromatic rings. The van der Waals surface area contributed by atoms with E-state index in [-0.39, 0.29) is 0 Å². The second-order valence-corrected chi connectivity index (χ2v) is 6.96. The highest BCUT2D eigenvalue weighted by atomic mass is 32.2. The third kappa shape index (κ3) is 3.91. The van der Waals surface area contributed by atoms with Gasteiger partial charge in [-0.25, -0.2) is 12.7 Å².